The highest BCUT2D eigenvalue weighted by atomic mass is 32.2. The van der Waals surface area contributed by atoms with Crippen molar-refractivity contribution in [2.24, 2.45) is 5.73 Å². The first-order valence-electron chi connectivity index (χ1n) is 7.72. The molecule has 25 heavy (non-hydrogen) atoms. The Morgan fingerprint density at radius 3 is 2.60 bits per heavy atom. The lowest BCUT2D eigenvalue weighted by molar-refractivity contribution is -0.161. The minimum absolute atomic E-state index is 0.103. The van der Waals surface area contributed by atoms with Gasteiger partial charge in [0.1, 0.15) is 29.2 Å². The lowest BCUT2D eigenvalue weighted by atomic mass is 9.95. The number of nitrogens with one attached hydrogen (secondary N) is 1. The first kappa shape index (κ1) is 17.6. The SMILES string of the molecule is CC1(C)S[C@@H]2[C@H](NC(=O)[C@H](N)c3ccccc3O)C(=O)N2[C@H]1C(=O)O. The number of carboxylic acids is 1. The Hall–Kier alpha value is -2.26. The van der Waals surface area contributed by atoms with E-state index in [1.807, 2.05) is 0 Å². The molecule has 0 radical (unpaired) electrons. The zero-order chi connectivity index (χ0) is 18.5. The molecule has 5 N–H and O–H groups in total. The largest absolute Gasteiger partial charge is 0.508 e. The molecule has 2 aliphatic rings. The van der Waals surface area contributed by atoms with Crippen LogP contribution in [-0.4, -0.2) is 55.1 Å². The van der Waals surface area contributed by atoms with Gasteiger partial charge in [-0.3, -0.25) is 9.59 Å². The summed E-state index contributed by atoms with van der Waals surface area (Å²) in [4.78, 5) is 37.5. The van der Waals surface area contributed by atoms with Crippen molar-refractivity contribution in [3.05, 3.63) is 29.8 Å². The quantitative estimate of drug-likeness (QED) is 0.553. The molecule has 4 atom stereocenters. The molecule has 2 fully saturated rings. The molecule has 9 heteroatoms. The number of aromatic hydroxyl groups is 1. The van der Waals surface area contributed by atoms with Crippen molar-refractivity contribution >= 4 is 29.5 Å². The number of phenols is 1. The van der Waals surface area contributed by atoms with Crippen molar-refractivity contribution in [3.8, 4) is 5.75 Å². The van der Waals surface area contributed by atoms with Crippen LogP contribution in [0.5, 0.6) is 5.75 Å². The predicted molar refractivity (Wildman–Crippen MR) is 90.7 cm³/mol. The molecule has 0 unspecified atom stereocenters. The fourth-order valence-corrected chi connectivity index (χ4v) is 4.91. The van der Waals surface area contributed by atoms with Crippen LogP contribution in [-0.2, 0) is 14.4 Å². The smallest absolute Gasteiger partial charge is 0.327 e. The van der Waals surface area contributed by atoms with E-state index >= 15 is 0 Å². The molecular formula is C16H19N3O5S. The number of thioether (sulfide) groups is 1. The summed E-state index contributed by atoms with van der Waals surface area (Å²) in [5.41, 5.74) is 6.14. The van der Waals surface area contributed by atoms with E-state index < -0.39 is 46.0 Å². The summed E-state index contributed by atoms with van der Waals surface area (Å²) in [7, 11) is 0. The van der Waals surface area contributed by atoms with Crippen LogP contribution >= 0.6 is 11.8 Å². The van der Waals surface area contributed by atoms with E-state index in [0.29, 0.717) is 0 Å². The molecule has 8 nitrogen and oxygen atoms in total. The second kappa shape index (κ2) is 5.92. The van der Waals surface area contributed by atoms with Gasteiger partial charge in [0, 0.05) is 10.3 Å². The maximum atomic E-state index is 12.4. The topological polar surface area (TPSA) is 133 Å². The van der Waals surface area contributed by atoms with Crippen molar-refractivity contribution in [2.45, 2.75) is 42.1 Å². The number of carboxylic acid groups (broad SMARTS) is 1. The molecule has 0 spiro atoms. The molecule has 2 saturated heterocycles. The third kappa shape index (κ3) is 2.73. The van der Waals surface area contributed by atoms with Gasteiger partial charge >= 0.3 is 5.97 Å². The van der Waals surface area contributed by atoms with Crippen molar-refractivity contribution in [1.29, 1.82) is 0 Å². The van der Waals surface area contributed by atoms with Gasteiger partial charge in [-0.05, 0) is 19.9 Å². The molecule has 3 rings (SSSR count). The van der Waals surface area contributed by atoms with Crippen molar-refractivity contribution in [3.63, 3.8) is 0 Å². The first-order valence-corrected chi connectivity index (χ1v) is 8.60. The summed E-state index contributed by atoms with van der Waals surface area (Å²) in [6, 6.07) is 3.32. The van der Waals surface area contributed by atoms with Gasteiger partial charge in [-0.2, -0.15) is 0 Å². The number of nitrogens with two attached hydrogens (primary N) is 1. The van der Waals surface area contributed by atoms with Crippen LogP contribution in [0.25, 0.3) is 0 Å². The molecule has 0 aromatic heterocycles. The number of para-hydroxylation sites is 1. The molecular weight excluding hydrogens is 346 g/mol. The van der Waals surface area contributed by atoms with Gasteiger partial charge in [0.25, 0.3) is 0 Å². The monoisotopic (exact) mass is 365 g/mol. The molecule has 2 aliphatic heterocycles. The van der Waals surface area contributed by atoms with Gasteiger partial charge < -0.3 is 26.2 Å². The van der Waals surface area contributed by atoms with E-state index in [4.69, 9.17) is 5.73 Å². The normalized spacial score (nSPS) is 28.0. The van der Waals surface area contributed by atoms with Gasteiger partial charge in [0.05, 0.1) is 0 Å². The van der Waals surface area contributed by atoms with Gasteiger partial charge in [0.15, 0.2) is 0 Å². The molecule has 134 valence electrons. The fraction of sp³-hybridized carbons (Fsp3) is 0.438. The number of benzene rings is 1. The van der Waals surface area contributed by atoms with Crippen molar-refractivity contribution in [1.82, 2.24) is 10.2 Å². The Labute approximate surface area is 148 Å². The minimum Gasteiger partial charge on any atom is -0.508 e. The number of hydrogen-bond donors (Lipinski definition) is 4. The highest BCUT2D eigenvalue weighted by molar-refractivity contribution is 8.01. The highest BCUT2D eigenvalue weighted by Gasteiger charge is 2.64. The highest BCUT2D eigenvalue weighted by Crippen LogP contribution is 2.50. The Morgan fingerprint density at radius 2 is 2.00 bits per heavy atom. The molecule has 0 aliphatic carbocycles. The molecule has 0 bridgehead atoms. The Morgan fingerprint density at radius 1 is 1.36 bits per heavy atom. The Bertz CT molecular complexity index is 753. The number of amides is 2. The van der Waals surface area contributed by atoms with Crippen LogP contribution in [0.4, 0.5) is 0 Å². The van der Waals surface area contributed by atoms with E-state index in [0.717, 1.165) is 0 Å². The zero-order valence-corrected chi connectivity index (χ0v) is 14.5. The Kier molecular flexibility index (Phi) is 4.16. The number of carbonyl (C=O) groups excluding carboxylic acids is 2. The average molecular weight is 365 g/mol. The minimum atomic E-state index is -1.13. The van der Waals surface area contributed by atoms with Crippen LogP contribution in [0.2, 0.25) is 0 Å². The van der Waals surface area contributed by atoms with Gasteiger partial charge in [-0.1, -0.05) is 18.2 Å². The summed E-state index contributed by atoms with van der Waals surface area (Å²) in [6.45, 7) is 3.52. The van der Waals surface area contributed by atoms with Crippen LogP contribution in [0, 0.1) is 0 Å². The number of carbonyl (C=O) groups is 3. The average Bonchev–Trinajstić information content (AvgIpc) is 2.80. The number of nitrogens with zero attached hydrogens (tertiary/aromatic N) is 1. The number of phenolic OH excluding ortho intramolecular Hbond substituents is 1. The van der Waals surface area contributed by atoms with Crippen molar-refractivity contribution in [2.75, 3.05) is 0 Å². The number of rotatable bonds is 4. The first-order chi connectivity index (χ1) is 11.6. The lowest BCUT2D eigenvalue weighted by Gasteiger charge is -2.43. The number of aliphatic carboxylic acids is 1. The second-order valence-corrected chi connectivity index (χ2v) is 8.39. The Balaban J connectivity index is 1.73. The fourth-order valence-electron chi connectivity index (χ4n) is 3.28. The van der Waals surface area contributed by atoms with Gasteiger partial charge in [-0.15, -0.1) is 11.8 Å². The van der Waals surface area contributed by atoms with Crippen molar-refractivity contribution < 1.29 is 24.6 Å². The predicted octanol–water partition coefficient (Wildman–Crippen LogP) is 0.0237. The van der Waals surface area contributed by atoms with Crippen LogP contribution < -0.4 is 11.1 Å². The van der Waals surface area contributed by atoms with Gasteiger partial charge in [0.2, 0.25) is 11.8 Å². The number of hydrogen-bond acceptors (Lipinski definition) is 6. The summed E-state index contributed by atoms with van der Waals surface area (Å²) in [5, 5.41) is 21.3. The summed E-state index contributed by atoms with van der Waals surface area (Å²) in [6.07, 6.45) is 0. The van der Waals surface area contributed by atoms with E-state index in [2.05, 4.69) is 5.32 Å². The summed E-state index contributed by atoms with van der Waals surface area (Å²) in [5.74, 6) is -2.21. The van der Waals surface area contributed by atoms with Crippen LogP contribution in [0.15, 0.2) is 24.3 Å². The third-order valence-electron chi connectivity index (χ3n) is 4.53. The van der Waals surface area contributed by atoms with E-state index in [-0.39, 0.29) is 11.3 Å². The lowest BCUT2D eigenvalue weighted by Crippen LogP contribution is -2.71. The third-order valence-corrected chi connectivity index (χ3v) is 6.10. The van der Waals surface area contributed by atoms with Crippen LogP contribution in [0.3, 0.4) is 0 Å². The molecule has 2 amide bonds. The molecule has 1 aromatic rings. The second-order valence-electron chi connectivity index (χ2n) is 6.62. The summed E-state index contributed by atoms with van der Waals surface area (Å²) >= 11 is 1.34. The maximum Gasteiger partial charge on any atom is 0.327 e. The van der Waals surface area contributed by atoms with Crippen LogP contribution in [0.1, 0.15) is 25.5 Å². The molecule has 0 saturated carbocycles. The molecule has 1 aromatic carbocycles. The van der Waals surface area contributed by atoms with E-state index in [1.165, 1.54) is 28.8 Å². The number of fused-ring (bicyclic) bond motifs is 1. The van der Waals surface area contributed by atoms with E-state index in [1.54, 1.807) is 26.0 Å². The maximum absolute atomic E-state index is 12.4. The zero-order valence-electron chi connectivity index (χ0n) is 13.7. The summed E-state index contributed by atoms with van der Waals surface area (Å²) < 4.78 is -0.661. The standard InChI is InChI=1S/C16H19N3O5S/c1-16(2)11(15(23)24)19-13(22)10(14(19)25-16)18-12(21)9(17)7-5-3-4-6-8(7)20/h3-6,9-11,14,20H,17H2,1-2H3,(H,18,21)(H,23,24)/t9-,10-,11+,14-/m1/s1. The molecule has 2 heterocycles. The number of β-lactam (4-membered cyclic amide) rings is 1. The van der Waals surface area contributed by atoms with E-state index in [9.17, 15) is 24.6 Å². The van der Waals surface area contributed by atoms with Gasteiger partial charge in [-0.25, -0.2) is 4.79 Å².